The molecule has 2 aromatic carbocycles. The van der Waals surface area contributed by atoms with E-state index in [2.05, 4.69) is 5.32 Å². The summed E-state index contributed by atoms with van der Waals surface area (Å²) in [6.07, 6.45) is 1.55. The van der Waals surface area contributed by atoms with Gasteiger partial charge >= 0.3 is 0 Å². The molecule has 1 saturated heterocycles. The summed E-state index contributed by atoms with van der Waals surface area (Å²) < 4.78 is 23.4. The summed E-state index contributed by atoms with van der Waals surface area (Å²) in [6, 6.07) is 8.84. The first-order valence-corrected chi connectivity index (χ1v) is 9.28. The van der Waals surface area contributed by atoms with E-state index in [9.17, 15) is 14.0 Å². The van der Waals surface area contributed by atoms with Crippen LogP contribution in [0, 0.1) is 5.82 Å². The molecule has 0 aliphatic carbocycles. The molecule has 1 heterocycles. The van der Waals surface area contributed by atoms with E-state index >= 15 is 0 Å². The van der Waals surface area contributed by atoms with Crippen LogP contribution in [0.3, 0.4) is 0 Å². The third-order valence-electron chi connectivity index (χ3n) is 3.94. The zero-order valence-corrected chi connectivity index (χ0v) is 16.6. The smallest absolute Gasteiger partial charge is 0.295 e. The SMILES string of the molecule is COc1cc(OC)c(NCN2C(=O)S/C(=C/c3ccc(F)cc3)C2=O)cc1Cl. The lowest BCUT2D eigenvalue weighted by molar-refractivity contribution is -0.122. The van der Waals surface area contributed by atoms with Gasteiger partial charge in [0.2, 0.25) is 0 Å². The third kappa shape index (κ3) is 4.23. The van der Waals surface area contributed by atoms with Crippen LogP contribution in [0.15, 0.2) is 41.3 Å². The minimum atomic E-state index is -0.439. The summed E-state index contributed by atoms with van der Waals surface area (Å²) in [5.41, 5.74) is 1.14. The second kappa shape index (κ2) is 8.53. The van der Waals surface area contributed by atoms with Gasteiger partial charge in [-0.3, -0.25) is 14.5 Å². The van der Waals surface area contributed by atoms with E-state index in [-0.39, 0.29) is 17.4 Å². The number of hydrogen-bond donors (Lipinski definition) is 1. The molecule has 0 aromatic heterocycles. The summed E-state index contributed by atoms with van der Waals surface area (Å²) >= 11 is 6.95. The molecule has 1 aliphatic rings. The maximum atomic E-state index is 13.0. The molecule has 146 valence electrons. The van der Waals surface area contributed by atoms with E-state index in [1.54, 1.807) is 18.2 Å². The van der Waals surface area contributed by atoms with Crippen LogP contribution in [0.25, 0.3) is 6.08 Å². The molecule has 1 fully saturated rings. The first kappa shape index (κ1) is 20.0. The van der Waals surface area contributed by atoms with Crippen molar-refractivity contribution in [2.75, 3.05) is 26.2 Å². The number of carbonyl (C=O) groups excluding carboxylic acids is 2. The number of methoxy groups -OCH3 is 2. The van der Waals surface area contributed by atoms with Gasteiger partial charge in [0.25, 0.3) is 11.1 Å². The highest BCUT2D eigenvalue weighted by Gasteiger charge is 2.35. The number of halogens is 2. The fraction of sp³-hybridized carbons (Fsp3) is 0.158. The lowest BCUT2D eigenvalue weighted by atomic mass is 10.2. The fourth-order valence-electron chi connectivity index (χ4n) is 2.51. The molecule has 2 amide bonds. The third-order valence-corrected chi connectivity index (χ3v) is 5.15. The Bertz CT molecular complexity index is 950. The molecule has 1 aliphatic heterocycles. The van der Waals surface area contributed by atoms with E-state index in [1.807, 2.05) is 0 Å². The Kier molecular flexibility index (Phi) is 6.11. The highest BCUT2D eigenvalue weighted by atomic mass is 35.5. The highest BCUT2D eigenvalue weighted by Crippen LogP contribution is 2.37. The Hall–Kier alpha value is -2.71. The van der Waals surface area contributed by atoms with Crippen molar-refractivity contribution in [2.45, 2.75) is 0 Å². The molecule has 6 nitrogen and oxygen atoms in total. The number of nitrogens with one attached hydrogen (secondary N) is 1. The number of hydrogen-bond acceptors (Lipinski definition) is 6. The number of amides is 2. The van der Waals surface area contributed by atoms with Gasteiger partial charge in [-0.1, -0.05) is 23.7 Å². The van der Waals surface area contributed by atoms with Crippen molar-refractivity contribution in [3.8, 4) is 11.5 Å². The summed E-state index contributed by atoms with van der Waals surface area (Å²) in [4.78, 5) is 26.1. The molecule has 1 N–H and O–H groups in total. The molecule has 0 atom stereocenters. The molecular weight excluding hydrogens is 407 g/mol. The summed E-state index contributed by atoms with van der Waals surface area (Å²) in [6.45, 7) is -0.0650. The maximum Gasteiger partial charge on any atom is 0.295 e. The van der Waals surface area contributed by atoms with Crippen molar-refractivity contribution in [2.24, 2.45) is 0 Å². The Labute approximate surface area is 170 Å². The van der Waals surface area contributed by atoms with Crippen LogP contribution in [-0.4, -0.2) is 36.9 Å². The Balaban J connectivity index is 1.75. The second-order valence-electron chi connectivity index (χ2n) is 5.68. The van der Waals surface area contributed by atoms with Gasteiger partial charge < -0.3 is 14.8 Å². The number of thioether (sulfide) groups is 1. The van der Waals surface area contributed by atoms with E-state index in [0.29, 0.717) is 27.8 Å². The first-order valence-electron chi connectivity index (χ1n) is 8.09. The van der Waals surface area contributed by atoms with Gasteiger partial charge in [0, 0.05) is 6.07 Å². The second-order valence-corrected chi connectivity index (χ2v) is 7.08. The predicted octanol–water partition coefficient (Wildman–Crippen LogP) is 4.60. The van der Waals surface area contributed by atoms with E-state index in [0.717, 1.165) is 16.7 Å². The number of rotatable bonds is 6. The molecule has 0 bridgehead atoms. The zero-order valence-electron chi connectivity index (χ0n) is 15.0. The normalized spacial score (nSPS) is 15.3. The molecule has 3 rings (SSSR count). The maximum absolute atomic E-state index is 13.0. The largest absolute Gasteiger partial charge is 0.495 e. The number of nitrogens with zero attached hydrogens (tertiary/aromatic N) is 1. The van der Waals surface area contributed by atoms with Crippen molar-refractivity contribution < 1.29 is 23.5 Å². The van der Waals surface area contributed by atoms with Gasteiger partial charge in [-0.15, -0.1) is 0 Å². The highest BCUT2D eigenvalue weighted by molar-refractivity contribution is 8.18. The number of benzene rings is 2. The summed E-state index contributed by atoms with van der Waals surface area (Å²) in [5.74, 6) is 0.0829. The van der Waals surface area contributed by atoms with Gasteiger partial charge in [0.05, 0.1) is 36.5 Å². The number of anilines is 1. The Morgan fingerprint density at radius 3 is 2.46 bits per heavy atom. The fourth-order valence-corrected chi connectivity index (χ4v) is 3.59. The molecule has 0 unspecified atom stereocenters. The summed E-state index contributed by atoms with van der Waals surface area (Å²) in [5, 5.41) is 2.93. The molecule has 0 radical (unpaired) electrons. The van der Waals surface area contributed by atoms with Crippen LogP contribution in [0.4, 0.5) is 14.9 Å². The molecule has 28 heavy (non-hydrogen) atoms. The standard InChI is InChI=1S/C19H16ClFN2O4S/c1-26-15-9-16(27-2)14(8-13(15)20)22-10-23-18(24)17(28-19(23)25)7-11-3-5-12(21)6-4-11/h3-9,22H,10H2,1-2H3/b17-7+. The van der Waals surface area contributed by atoms with Crippen molar-refractivity contribution in [1.29, 1.82) is 0 Å². The average Bonchev–Trinajstić information content (AvgIpc) is 2.95. The summed E-state index contributed by atoms with van der Waals surface area (Å²) in [7, 11) is 2.97. The van der Waals surface area contributed by atoms with Crippen LogP contribution in [0.5, 0.6) is 11.5 Å². The molecule has 0 spiro atoms. The molecule has 2 aromatic rings. The van der Waals surface area contributed by atoms with Crippen LogP contribution >= 0.6 is 23.4 Å². The topological polar surface area (TPSA) is 67.9 Å². The van der Waals surface area contributed by atoms with Crippen molar-refractivity contribution in [3.05, 3.63) is 57.7 Å². The Morgan fingerprint density at radius 2 is 1.82 bits per heavy atom. The molecule has 0 saturated carbocycles. The lowest BCUT2D eigenvalue weighted by Crippen LogP contribution is -2.33. The van der Waals surface area contributed by atoms with Crippen molar-refractivity contribution in [1.82, 2.24) is 4.90 Å². The van der Waals surface area contributed by atoms with Gasteiger partial charge in [0.15, 0.2) is 0 Å². The van der Waals surface area contributed by atoms with E-state index in [4.69, 9.17) is 21.1 Å². The van der Waals surface area contributed by atoms with Crippen LogP contribution in [0.2, 0.25) is 5.02 Å². The predicted molar refractivity (Wildman–Crippen MR) is 107 cm³/mol. The van der Waals surface area contributed by atoms with Gasteiger partial charge in [-0.05, 0) is 41.6 Å². The van der Waals surface area contributed by atoms with E-state index < -0.39 is 11.1 Å². The van der Waals surface area contributed by atoms with Gasteiger partial charge in [-0.25, -0.2) is 4.39 Å². The number of carbonyl (C=O) groups is 2. The first-order chi connectivity index (χ1) is 13.4. The minimum Gasteiger partial charge on any atom is -0.495 e. The number of imide groups is 1. The Morgan fingerprint density at radius 1 is 1.14 bits per heavy atom. The number of ether oxygens (including phenoxy) is 2. The molecule has 9 heteroatoms. The van der Waals surface area contributed by atoms with Gasteiger partial charge in [0.1, 0.15) is 17.3 Å². The average molecular weight is 423 g/mol. The van der Waals surface area contributed by atoms with Crippen molar-refractivity contribution >= 4 is 46.3 Å². The monoisotopic (exact) mass is 422 g/mol. The minimum absolute atomic E-state index is 0.0650. The van der Waals surface area contributed by atoms with Gasteiger partial charge in [-0.2, -0.15) is 0 Å². The quantitative estimate of drug-likeness (QED) is 0.686. The van der Waals surface area contributed by atoms with Crippen LogP contribution in [-0.2, 0) is 4.79 Å². The van der Waals surface area contributed by atoms with Crippen molar-refractivity contribution in [3.63, 3.8) is 0 Å². The lowest BCUT2D eigenvalue weighted by Gasteiger charge is -2.17. The van der Waals surface area contributed by atoms with E-state index in [1.165, 1.54) is 38.5 Å². The zero-order chi connectivity index (χ0) is 20.3. The van der Waals surface area contributed by atoms with Crippen LogP contribution in [0.1, 0.15) is 5.56 Å². The van der Waals surface area contributed by atoms with Crippen LogP contribution < -0.4 is 14.8 Å². The molecular formula is C19H16ClFN2O4S.